The average molecular weight is 221 g/mol. The van der Waals surface area contributed by atoms with Gasteiger partial charge in [-0.1, -0.05) is 0 Å². The molecule has 1 saturated heterocycles. The van der Waals surface area contributed by atoms with Gasteiger partial charge in [0.05, 0.1) is 5.56 Å². The van der Waals surface area contributed by atoms with Crippen LogP contribution < -0.4 is 5.32 Å². The molecule has 0 radical (unpaired) electrons. The van der Waals surface area contributed by atoms with Gasteiger partial charge >= 0.3 is 0 Å². The highest BCUT2D eigenvalue weighted by atomic mass is 16.2. The first-order valence-corrected chi connectivity index (χ1v) is 5.79. The van der Waals surface area contributed by atoms with Crippen LogP contribution in [-0.2, 0) is 0 Å². The summed E-state index contributed by atoms with van der Waals surface area (Å²) < 4.78 is 0. The first-order valence-electron chi connectivity index (χ1n) is 5.79. The summed E-state index contributed by atoms with van der Waals surface area (Å²) in [6.07, 6.45) is 1.82. The van der Waals surface area contributed by atoms with Crippen molar-refractivity contribution >= 4 is 5.91 Å². The molecule has 0 aliphatic carbocycles. The lowest BCUT2D eigenvalue weighted by atomic mass is 10.1. The smallest absolute Gasteiger partial charge is 0.256 e. The highest BCUT2D eigenvalue weighted by Gasteiger charge is 2.29. The number of aromatic nitrogens is 1. The maximum Gasteiger partial charge on any atom is 0.256 e. The first-order chi connectivity index (χ1) is 7.61. The number of aromatic amines is 1. The fourth-order valence-corrected chi connectivity index (χ4v) is 2.18. The normalized spacial score (nSPS) is 25.8. The van der Waals surface area contributed by atoms with E-state index >= 15 is 0 Å². The summed E-state index contributed by atoms with van der Waals surface area (Å²) in [7, 11) is 0. The van der Waals surface area contributed by atoms with E-state index in [1.54, 1.807) is 0 Å². The van der Waals surface area contributed by atoms with E-state index in [2.05, 4.69) is 24.1 Å². The molecule has 0 aromatic carbocycles. The molecule has 0 spiro atoms. The molecule has 1 fully saturated rings. The number of nitrogens with one attached hydrogen (secondary N) is 2. The first kappa shape index (κ1) is 11.2. The minimum Gasteiger partial charge on any atom is -0.365 e. The highest BCUT2D eigenvalue weighted by molar-refractivity contribution is 5.95. The highest BCUT2D eigenvalue weighted by Crippen LogP contribution is 2.15. The molecule has 4 nitrogen and oxygen atoms in total. The number of amides is 1. The van der Waals surface area contributed by atoms with Crippen LogP contribution in [0.3, 0.4) is 0 Å². The Hall–Kier alpha value is -1.29. The van der Waals surface area contributed by atoms with Crippen LogP contribution in [-0.4, -0.2) is 41.0 Å². The number of hydrogen-bond acceptors (Lipinski definition) is 2. The Morgan fingerprint density at radius 3 is 2.88 bits per heavy atom. The summed E-state index contributed by atoms with van der Waals surface area (Å²) in [6.45, 7) is 7.81. The molecule has 1 aromatic rings. The molecule has 88 valence electrons. The van der Waals surface area contributed by atoms with Gasteiger partial charge in [-0.15, -0.1) is 0 Å². The van der Waals surface area contributed by atoms with E-state index in [-0.39, 0.29) is 11.9 Å². The number of rotatable bonds is 1. The maximum atomic E-state index is 12.3. The Bertz CT molecular complexity index is 385. The van der Waals surface area contributed by atoms with E-state index < -0.39 is 0 Å². The van der Waals surface area contributed by atoms with Crippen molar-refractivity contribution in [2.75, 3.05) is 13.1 Å². The van der Waals surface area contributed by atoms with Gasteiger partial charge in [-0.2, -0.15) is 0 Å². The number of nitrogens with zero attached hydrogens (tertiary/aromatic N) is 1. The molecule has 1 aromatic heterocycles. The van der Waals surface area contributed by atoms with Crippen LogP contribution in [0.1, 0.15) is 29.9 Å². The zero-order valence-electron chi connectivity index (χ0n) is 10.1. The lowest BCUT2D eigenvalue weighted by Gasteiger charge is -2.38. The molecule has 1 aliphatic rings. The van der Waals surface area contributed by atoms with Gasteiger partial charge in [0.1, 0.15) is 0 Å². The number of aryl methyl sites for hydroxylation is 1. The van der Waals surface area contributed by atoms with Crippen LogP contribution in [0.4, 0.5) is 0 Å². The van der Waals surface area contributed by atoms with Crippen molar-refractivity contribution in [2.24, 2.45) is 0 Å². The van der Waals surface area contributed by atoms with Crippen LogP contribution in [0.2, 0.25) is 0 Å². The fraction of sp³-hybridized carbons (Fsp3) is 0.583. The SMILES string of the molecule is Cc1[nH]ccc1C(=O)N1CCNC(C)C1C. The predicted octanol–water partition coefficient (Wildman–Crippen LogP) is 1.15. The Labute approximate surface area is 96.0 Å². The number of carbonyl (C=O) groups is 1. The van der Waals surface area contributed by atoms with E-state index in [9.17, 15) is 4.79 Å². The lowest BCUT2D eigenvalue weighted by molar-refractivity contribution is 0.0602. The van der Waals surface area contributed by atoms with E-state index in [0.29, 0.717) is 6.04 Å². The Morgan fingerprint density at radius 1 is 1.50 bits per heavy atom. The van der Waals surface area contributed by atoms with Crippen LogP contribution in [0.15, 0.2) is 12.3 Å². The van der Waals surface area contributed by atoms with E-state index in [4.69, 9.17) is 0 Å². The van der Waals surface area contributed by atoms with Gasteiger partial charge < -0.3 is 15.2 Å². The summed E-state index contributed by atoms with van der Waals surface area (Å²) in [6, 6.07) is 2.46. The van der Waals surface area contributed by atoms with Crippen LogP contribution >= 0.6 is 0 Å². The third-order valence-corrected chi connectivity index (χ3v) is 3.48. The number of piperazine rings is 1. The summed E-state index contributed by atoms with van der Waals surface area (Å²) in [4.78, 5) is 17.3. The standard InChI is InChI=1S/C12H19N3O/c1-8-10(3)15(7-6-14-8)12(16)11-4-5-13-9(11)2/h4-5,8,10,13-14H,6-7H2,1-3H3. The van der Waals surface area contributed by atoms with Crippen LogP contribution in [0.25, 0.3) is 0 Å². The van der Waals surface area contributed by atoms with Crippen LogP contribution in [0.5, 0.6) is 0 Å². The maximum absolute atomic E-state index is 12.3. The third-order valence-electron chi connectivity index (χ3n) is 3.48. The van der Waals surface area contributed by atoms with Gasteiger partial charge in [0.25, 0.3) is 5.91 Å². The molecule has 4 heteroatoms. The molecule has 2 rings (SSSR count). The van der Waals surface area contributed by atoms with Crippen molar-refractivity contribution in [3.05, 3.63) is 23.5 Å². The second kappa shape index (κ2) is 4.29. The summed E-state index contributed by atoms with van der Waals surface area (Å²) in [5, 5.41) is 3.37. The second-order valence-electron chi connectivity index (χ2n) is 4.50. The Balaban J connectivity index is 2.18. The summed E-state index contributed by atoms with van der Waals surface area (Å²) in [5.41, 5.74) is 1.74. The molecule has 2 atom stereocenters. The third kappa shape index (κ3) is 1.85. The summed E-state index contributed by atoms with van der Waals surface area (Å²) >= 11 is 0. The van der Waals surface area contributed by atoms with Crippen LogP contribution in [0, 0.1) is 6.92 Å². The van der Waals surface area contributed by atoms with Gasteiger partial charge in [0.2, 0.25) is 0 Å². The van der Waals surface area contributed by atoms with Crippen molar-refractivity contribution in [2.45, 2.75) is 32.9 Å². The molecule has 0 bridgehead atoms. The molecule has 2 unspecified atom stereocenters. The minimum absolute atomic E-state index is 0.139. The van der Waals surface area contributed by atoms with Gasteiger partial charge in [-0.25, -0.2) is 0 Å². The number of H-pyrrole nitrogens is 1. The van der Waals surface area contributed by atoms with Gasteiger partial charge in [-0.3, -0.25) is 4.79 Å². The second-order valence-corrected chi connectivity index (χ2v) is 4.50. The van der Waals surface area contributed by atoms with Crippen molar-refractivity contribution in [3.63, 3.8) is 0 Å². The molecule has 0 saturated carbocycles. The number of carbonyl (C=O) groups excluding carboxylic acids is 1. The van der Waals surface area contributed by atoms with Crippen molar-refractivity contribution in [1.29, 1.82) is 0 Å². The Morgan fingerprint density at radius 2 is 2.25 bits per heavy atom. The van der Waals surface area contributed by atoms with Gasteiger partial charge in [-0.05, 0) is 26.8 Å². The van der Waals surface area contributed by atoms with E-state index in [1.165, 1.54) is 0 Å². The average Bonchev–Trinajstić information content (AvgIpc) is 2.68. The van der Waals surface area contributed by atoms with Crippen molar-refractivity contribution in [1.82, 2.24) is 15.2 Å². The largest absolute Gasteiger partial charge is 0.365 e. The van der Waals surface area contributed by atoms with E-state index in [1.807, 2.05) is 24.1 Å². The molecular weight excluding hydrogens is 202 g/mol. The minimum atomic E-state index is 0.139. The molecule has 2 N–H and O–H groups in total. The molecule has 1 amide bonds. The molecule has 1 aliphatic heterocycles. The lowest BCUT2D eigenvalue weighted by Crippen LogP contribution is -2.57. The van der Waals surface area contributed by atoms with E-state index in [0.717, 1.165) is 24.3 Å². The molecule has 16 heavy (non-hydrogen) atoms. The topological polar surface area (TPSA) is 48.1 Å². The molecular formula is C12H19N3O. The quantitative estimate of drug-likeness (QED) is 0.747. The zero-order valence-corrected chi connectivity index (χ0v) is 10.1. The van der Waals surface area contributed by atoms with Gasteiger partial charge in [0, 0.05) is 37.1 Å². The Kier molecular flexibility index (Phi) is 3.01. The fourth-order valence-electron chi connectivity index (χ4n) is 2.18. The molecule has 2 heterocycles. The van der Waals surface area contributed by atoms with Gasteiger partial charge in [0.15, 0.2) is 0 Å². The van der Waals surface area contributed by atoms with Crippen molar-refractivity contribution in [3.8, 4) is 0 Å². The zero-order chi connectivity index (χ0) is 11.7. The summed E-state index contributed by atoms with van der Waals surface area (Å²) in [5.74, 6) is 0.139. The number of hydrogen-bond donors (Lipinski definition) is 2. The predicted molar refractivity (Wildman–Crippen MR) is 63.5 cm³/mol. The monoisotopic (exact) mass is 221 g/mol. The van der Waals surface area contributed by atoms with Crippen molar-refractivity contribution < 1.29 is 4.79 Å².